The third-order valence-corrected chi connectivity index (χ3v) is 2.25. The van der Waals surface area contributed by atoms with Gasteiger partial charge in [-0.2, -0.15) is 5.10 Å². The van der Waals surface area contributed by atoms with E-state index in [2.05, 4.69) is 15.1 Å². The standard InChI is InChI=1S/C10H10N4O3/c1-14-8(10(15)16)6(5-13-14)7-9(17-2)12-4-3-11-7/h3-5H,1-2H3,(H,15,16). The van der Waals surface area contributed by atoms with Gasteiger partial charge in [0.05, 0.1) is 18.9 Å². The van der Waals surface area contributed by atoms with E-state index in [0.29, 0.717) is 11.3 Å². The highest BCUT2D eigenvalue weighted by molar-refractivity contribution is 5.94. The second kappa shape index (κ2) is 4.20. The van der Waals surface area contributed by atoms with E-state index in [0.717, 1.165) is 0 Å². The van der Waals surface area contributed by atoms with E-state index >= 15 is 0 Å². The van der Waals surface area contributed by atoms with Gasteiger partial charge in [-0.3, -0.25) is 4.68 Å². The van der Waals surface area contributed by atoms with Crippen molar-refractivity contribution in [3.63, 3.8) is 0 Å². The Morgan fingerprint density at radius 3 is 2.76 bits per heavy atom. The molecule has 0 fully saturated rings. The van der Waals surface area contributed by atoms with Crippen LogP contribution in [0.4, 0.5) is 0 Å². The second-order valence-electron chi connectivity index (χ2n) is 3.25. The minimum Gasteiger partial charge on any atom is -0.479 e. The maximum absolute atomic E-state index is 11.1. The van der Waals surface area contributed by atoms with Crippen LogP contribution in [0, 0.1) is 0 Å². The van der Waals surface area contributed by atoms with E-state index in [-0.39, 0.29) is 11.6 Å². The summed E-state index contributed by atoms with van der Waals surface area (Å²) in [5, 5.41) is 13.0. The number of rotatable bonds is 3. The number of aryl methyl sites for hydroxylation is 1. The monoisotopic (exact) mass is 234 g/mol. The fourth-order valence-electron chi connectivity index (χ4n) is 1.52. The molecule has 2 aromatic rings. The number of aromatic carboxylic acids is 1. The van der Waals surface area contributed by atoms with Crippen LogP contribution in [0.2, 0.25) is 0 Å². The zero-order valence-electron chi connectivity index (χ0n) is 9.28. The Morgan fingerprint density at radius 2 is 2.12 bits per heavy atom. The van der Waals surface area contributed by atoms with Gasteiger partial charge < -0.3 is 9.84 Å². The molecule has 0 atom stereocenters. The average molecular weight is 234 g/mol. The topological polar surface area (TPSA) is 90.1 Å². The van der Waals surface area contributed by atoms with Crippen molar-refractivity contribution in [2.24, 2.45) is 7.05 Å². The summed E-state index contributed by atoms with van der Waals surface area (Å²) >= 11 is 0. The van der Waals surface area contributed by atoms with Gasteiger partial charge in [0.25, 0.3) is 0 Å². The number of hydrogen-bond donors (Lipinski definition) is 1. The molecular formula is C10H10N4O3. The first-order valence-corrected chi connectivity index (χ1v) is 4.75. The molecule has 17 heavy (non-hydrogen) atoms. The van der Waals surface area contributed by atoms with Gasteiger partial charge >= 0.3 is 5.97 Å². The van der Waals surface area contributed by atoms with Crippen molar-refractivity contribution in [2.75, 3.05) is 7.11 Å². The molecule has 1 N–H and O–H groups in total. The molecule has 0 saturated heterocycles. The molecule has 0 aliphatic rings. The van der Waals surface area contributed by atoms with Crippen LogP contribution in [0.1, 0.15) is 10.5 Å². The number of aromatic nitrogens is 4. The molecule has 2 heterocycles. The maximum Gasteiger partial charge on any atom is 0.354 e. The van der Waals surface area contributed by atoms with Gasteiger partial charge in [0, 0.05) is 19.4 Å². The summed E-state index contributed by atoms with van der Waals surface area (Å²) in [5.41, 5.74) is 0.786. The molecular weight excluding hydrogens is 224 g/mol. The summed E-state index contributed by atoms with van der Waals surface area (Å²) in [5.74, 6) is -0.810. The van der Waals surface area contributed by atoms with E-state index in [9.17, 15) is 4.79 Å². The Balaban J connectivity index is 2.65. The van der Waals surface area contributed by atoms with Crippen LogP contribution in [0.5, 0.6) is 5.88 Å². The third-order valence-electron chi connectivity index (χ3n) is 2.25. The molecule has 0 radical (unpaired) electrons. The van der Waals surface area contributed by atoms with Gasteiger partial charge in [-0.05, 0) is 0 Å². The number of carboxylic acid groups (broad SMARTS) is 1. The van der Waals surface area contributed by atoms with Crippen LogP contribution < -0.4 is 4.74 Å². The SMILES string of the molecule is COc1nccnc1-c1cnn(C)c1C(=O)O. The number of methoxy groups -OCH3 is 1. The average Bonchev–Trinajstić information content (AvgIpc) is 2.71. The predicted octanol–water partition coefficient (Wildman–Crippen LogP) is 0.584. The minimum atomic E-state index is -1.08. The summed E-state index contributed by atoms with van der Waals surface area (Å²) < 4.78 is 6.31. The lowest BCUT2D eigenvalue weighted by Gasteiger charge is -2.05. The van der Waals surface area contributed by atoms with Crippen molar-refractivity contribution in [2.45, 2.75) is 0 Å². The third kappa shape index (κ3) is 1.82. The second-order valence-corrected chi connectivity index (χ2v) is 3.25. The summed E-state index contributed by atoms with van der Waals surface area (Å²) in [6, 6.07) is 0. The van der Waals surface area contributed by atoms with Crippen LogP contribution in [0.3, 0.4) is 0 Å². The Kier molecular flexibility index (Phi) is 2.73. The van der Waals surface area contributed by atoms with Crippen molar-refractivity contribution in [3.8, 4) is 17.1 Å². The van der Waals surface area contributed by atoms with Crippen LogP contribution in [-0.2, 0) is 7.05 Å². The number of ether oxygens (including phenoxy) is 1. The first-order valence-electron chi connectivity index (χ1n) is 4.75. The first-order chi connectivity index (χ1) is 8.15. The van der Waals surface area contributed by atoms with Gasteiger partial charge in [-0.1, -0.05) is 0 Å². The Hall–Kier alpha value is -2.44. The molecule has 88 valence electrons. The minimum absolute atomic E-state index is 0.0452. The van der Waals surface area contributed by atoms with Crippen molar-refractivity contribution < 1.29 is 14.6 Å². The normalized spacial score (nSPS) is 10.2. The summed E-state index contributed by atoms with van der Waals surface area (Å²) in [6.45, 7) is 0. The fourth-order valence-corrected chi connectivity index (χ4v) is 1.52. The molecule has 0 aromatic carbocycles. The molecule has 2 aromatic heterocycles. The van der Waals surface area contributed by atoms with Crippen LogP contribution in [0.15, 0.2) is 18.6 Å². The van der Waals surface area contributed by atoms with E-state index in [1.807, 2.05) is 0 Å². The van der Waals surface area contributed by atoms with Crippen molar-refractivity contribution >= 4 is 5.97 Å². The molecule has 0 unspecified atom stereocenters. The smallest absolute Gasteiger partial charge is 0.354 e. The van der Waals surface area contributed by atoms with Gasteiger partial charge in [0.1, 0.15) is 5.69 Å². The van der Waals surface area contributed by atoms with E-state index < -0.39 is 5.97 Å². The lowest BCUT2D eigenvalue weighted by molar-refractivity contribution is 0.0686. The van der Waals surface area contributed by atoms with Crippen LogP contribution in [-0.4, -0.2) is 37.9 Å². The lowest BCUT2D eigenvalue weighted by Crippen LogP contribution is -2.07. The predicted molar refractivity (Wildman–Crippen MR) is 57.7 cm³/mol. The molecule has 0 spiro atoms. The largest absolute Gasteiger partial charge is 0.479 e. The van der Waals surface area contributed by atoms with Crippen molar-refractivity contribution in [1.29, 1.82) is 0 Å². The van der Waals surface area contributed by atoms with Gasteiger partial charge in [0.2, 0.25) is 5.88 Å². The first kappa shape index (κ1) is 11.1. The van der Waals surface area contributed by atoms with E-state index in [1.54, 1.807) is 7.05 Å². The maximum atomic E-state index is 11.1. The zero-order chi connectivity index (χ0) is 12.4. The summed E-state index contributed by atoms with van der Waals surface area (Å²) in [4.78, 5) is 19.2. The highest BCUT2D eigenvalue weighted by atomic mass is 16.5. The summed E-state index contributed by atoms with van der Waals surface area (Å²) in [7, 11) is 3.00. The number of hydrogen-bond acceptors (Lipinski definition) is 5. The molecule has 0 amide bonds. The fraction of sp³-hybridized carbons (Fsp3) is 0.200. The highest BCUT2D eigenvalue weighted by Gasteiger charge is 2.21. The molecule has 0 bridgehead atoms. The number of nitrogens with zero attached hydrogens (tertiary/aromatic N) is 4. The Labute approximate surface area is 96.7 Å². The zero-order valence-corrected chi connectivity index (χ0v) is 9.28. The number of carbonyl (C=O) groups is 1. The summed E-state index contributed by atoms with van der Waals surface area (Å²) in [6.07, 6.45) is 4.37. The van der Waals surface area contributed by atoms with Crippen molar-refractivity contribution in [3.05, 3.63) is 24.3 Å². The van der Waals surface area contributed by atoms with Crippen LogP contribution >= 0.6 is 0 Å². The molecule has 2 rings (SSSR count). The molecule has 0 aliphatic heterocycles. The lowest BCUT2D eigenvalue weighted by atomic mass is 10.2. The molecule has 0 aliphatic carbocycles. The molecule has 0 saturated carbocycles. The van der Waals surface area contributed by atoms with Crippen LogP contribution in [0.25, 0.3) is 11.3 Å². The Morgan fingerprint density at radius 1 is 1.41 bits per heavy atom. The molecule has 7 heteroatoms. The van der Waals surface area contributed by atoms with Crippen molar-refractivity contribution in [1.82, 2.24) is 19.7 Å². The Bertz CT molecular complexity index is 564. The van der Waals surface area contributed by atoms with Gasteiger partial charge in [0.15, 0.2) is 5.69 Å². The van der Waals surface area contributed by atoms with Gasteiger partial charge in [-0.15, -0.1) is 0 Å². The molecule has 7 nitrogen and oxygen atoms in total. The van der Waals surface area contributed by atoms with E-state index in [4.69, 9.17) is 9.84 Å². The van der Waals surface area contributed by atoms with E-state index in [1.165, 1.54) is 30.4 Å². The van der Waals surface area contributed by atoms with Gasteiger partial charge in [-0.25, -0.2) is 14.8 Å². The highest BCUT2D eigenvalue weighted by Crippen LogP contribution is 2.27. The number of carboxylic acids is 1. The quantitative estimate of drug-likeness (QED) is 0.835.